The van der Waals surface area contributed by atoms with Gasteiger partial charge in [-0.15, -0.1) is 0 Å². The van der Waals surface area contributed by atoms with Crippen molar-refractivity contribution in [1.29, 1.82) is 0 Å². The molecule has 36 heavy (non-hydrogen) atoms. The van der Waals surface area contributed by atoms with E-state index in [1.807, 2.05) is 20.3 Å². The third-order valence-corrected chi connectivity index (χ3v) is 11.5. The van der Waals surface area contributed by atoms with E-state index in [1.165, 1.54) is 16.7 Å². The summed E-state index contributed by atoms with van der Waals surface area (Å²) in [5, 5.41) is 23.7. The zero-order valence-corrected chi connectivity index (χ0v) is 21.3. The van der Waals surface area contributed by atoms with Gasteiger partial charge < -0.3 is 19.8 Å². The van der Waals surface area contributed by atoms with Gasteiger partial charge in [0.1, 0.15) is 6.33 Å². The van der Waals surface area contributed by atoms with Crippen molar-refractivity contribution in [3.63, 3.8) is 0 Å². The van der Waals surface area contributed by atoms with Crippen LogP contribution < -0.4 is 0 Å². The lowest BCUT2D eigenvalue weighted by atomic mass is 9.57. The smallest absolute Gasteiger partial charge is 0.116 e. The summed E-state index contributed by atoms with van der Waals surface area (Å²) in [5.74, 6) is 0.730. The molecule has 6 nitrogen and oxygen atoms in total. The molecule has 188 valence electrons. The number of hydrogen-bond acceptors (Lipinski definition) is 6. The predicted octanol–water partition coefficient (Wildman–Crippen LogP) is 3.73. The molecular weight excluding hydrogens is 450 g/mol. The molecule has 3 spiro atoms. The number of benzene rings is 1. The van der Waals surface area contributed by atoms with Crippen LogP contribution in [0.25, 0.3) is 16.5 Å². The van der Waals surface area contributed by atoms with E-state index in [9.17, 15) is 10.2 Å². The number of fused-ring (bicyclic) bond motifs is 3. The Labute approximate surface area is 212 Å². The first-order valence-corrected chi connectivity index (χ1v) is 13.6. The van der Waals surface area contributed by atoms with Crippen molar-refractivity contribution in [2.24, 2.45) is 22.7 Å². The van der Waals surface area contributed by atoms with E-state index in [2.05, 4.69) is 52.1 Å². The summed E-state index contributed by atoms with van der Waals surface area (Å²) in [4.78, 5) is 10.8. The molecule has 2 bridgehead atoms. The third kappa shape index (κ3) is 2.30. The molecule has 9 unspecified atom stereocenters. The lowest BCUT2D eigenvalue weighted by Crippen LogP contribution is -2.67. The molecule has 1 aromatic carbocycles. The van der Waals surface area contributed by atoms with E-state index in [0.717, 1.165) is 49.4 Å². The summed E-state index contributed by atoms with van der Waals surface area (Å²) >= 11 is 0. The summed E-state index contributed by atoms with van der Waals surface area (Å²) in [7, 11) is 4.02. The van der Waals surface area contributed by atoms with Gasteiger partial charge in [-0.25, -0.2) is 9.97 Å². The Bertz CT molecular complexity index is 1370. The van der Waals surface area contributed by atoms with Crippen LogP contribution in [0.4, 0.5) is 0 Å². The lowest BCUT2D eigenvalue weighted by Gasteiger charge is -2.59. The van der Waals surface area contributed by atoms with Crippen LogP contribution in [0.1, 0.15) is 51.0 Å². The quantitative estimate of drug-likeness (QED) is 0.631. The Morgan fingerprint density at radius 2 is 1.97 bits per heavy atom. The molecular formula is C30H35N3O3. The van der Waals surface area contributed by atoms with Gasteiger partial charge in [0.25, 0.3) is 0 Å². The fraction of sp³-hybridized carbons (Fsp3) is 0.600. The van der Waals surface area contributed by atoms with Gasteiger partial charge in [-0.05, 0) is 81.3 Å². The second kappa shape index (κ2) is 6.65. The highest BCUT2D eigenvalue weighted by atomic mass is 16.5. The van der Waals surface area contributed by atoms with Crippen molar-refractivity contribution in [2.45, 2.75) is 74.9 Å². The summed E-state index contributed by atoms with van der Waals surface area (Å²) in [6, 6.07) is 6.50. The van der Waals surface area contributed by atoms with E-state index in [-0.39, 0.29) is 28.1 Å². The summed E-state index contributed by atoms with van der Waals surface area (Å²) in [6.45, 7) is 2.44. The van der Waals surface area contributed by atoms with Crippen molar-refractivity contribution in [3.05, 3.63) is 54.0 Å². The molecule has 2 N–H and O–H groups in total. The van der Waals surface area contributed by atoms with Gasteiger partial charge >= 0.3 is 0 Å². The van der Waals surface area contributed by atoms with E-state index >= 15 is 0 Å². The number of allylic oxidation sites excluding steroid dienone is 3. The zero-order valence-electron chi connectivity index (χ0n) is 21.3. The van der Waals surface area contributed by atoms with Crippen molar-refractivity contribution in [2.75, 3.05) is 14.1 Å². The number of aromatic nitrogens is 2. The summed E-state index contributed by atoms with van der Waals surface area (Å²) in [5.41, 5.74) is 4.18. The van der Waals surface area contributed by atoms with E-state index in [0.29, 0.717) is 11.8 Å². The first-order valence-electron chi connectivity index (χ1n) is 13.6. The molecule has 1 aromatic heterocycles. The molecule has 0 amide bonds. The maximum atomic E-state index is 11.5. The van der Waals surface area contributed by atoms with Crippen LogP contribution >= 0.6 is 0 Å². The number of aliphatic hydroxyl groups excluding tert-OH is 2. The Morgan fingerprint density at radius 1 is 1.11 bits per heavy atom. The number of hydrogen-bond donors (Lipinski definition) is 2. The second-order valence-corrected chi connectivity index (χ2v) is 12.9. The average Bonchev–Trinajstić information content (AvgIpc) is 3.40. The third-order valence-electron chi connectivity index (χ3n) is 11.5. The van der Waals surface area contributed by atoms with Gasteiger partial charge in [0, 0.05) is 34.4 Å². The summed E-state index contributed by atoms with van der Waals surface area (Å²) < 4.78 is 7.44. The van der Waals surface area contributed by atoms with Crippen LogP contribution in [0.5, 0.6) is 0 Å². The van der Waals surface area contributed by atoms with Crippen LogP contribution in [0.2, 0.25) is 0 Å². The molecule has 2 aromatic rings. The Morgan fingerprint density at radius 3 is 2.81 bits per heavy atom. The highest BCUT2D eigenvalue weighted by Gasteiger charge is 2.84. The molecule has 2 saturated carbocycles. The highest BCUT2D eigenvalue weighted by molar-refractivity contribution is 5.84. The molecule has 2 aliphatic heterocycles. The van der Waals surface area contributed by atoms with E-state index in [1.54, 1.807) is 6.33 Å². The van der Waals surface area contributed by atoms with Crippen molar-refractivity contribution >= 4 is 16.5 Å². The van der Waals surface area contributed by atoms with Gasteiger partial charge in [0.15, 0.2) is 0 Å². The topological polar surface area (TPSA) is 78.7 Å². The van der Waals surface area contributed by atoms with Gasteiger partial charge in [-0.1, -0.05) is 31.2 Å². The molecule has 6 aliphatic rings. The Kier molecular flexibility index (Phi) is 4.05. The van der Waals surface area contributed by atoms with Crippen LogP contribution in [0, 0.1) is 22.7 Å². The molecule has 4 fully saturated rings. The Balaban J connectivity index is 1.21. The van der Waals surface area contributed by atoms with Gasteiger partial charge in [0.2, 0.25) is 0 Å². The molecule has 3 heterocycles. The molecule has 0 radical (unpaired) electrons. The van der Waals surface area contributed by atoms with Crippen LogP contribution in [0.3, 0.4) is 0 Å². The number of ether oxygens (including phenoxy) is 1. The number of aliphatic hydroxyl groups is 2. The SMILES string of the molecule is CN(C)C1CC23CCC4(O2)C(=CCC2(C)C(c5ccc6cncnc6c5)=CCC24)C2CC23C(O)C1O. The minimum absolute atomic E-state index is 0.00161. The van der Waals surface area contributed by atoms with Gasteiger partial charge in [-0.3, -0.25) is 0 Å². The van der Waals surface area contributed by atoms with Crippen molar-refractivity contribution < 1.29 is 14.9 Å². The monoisotopic (exact) mass is 485 g/mol. The maximum absolute atomic E-state index is 11.5. The Hall–Kier alpha value is -2.12. The number of likely N-dealkylation sites (N-methyl/N-ethyl adjacent to an activating group) is 1. The molecule has 8 rings (SSSR count). The van der Waals surface area contributed by atoms with Crippen LogP contribution in [-0.2, 0) is 4.74 Å². The normalized spacial score (nSPS) is 48.1. The standard InChI is InChI=1S/C30H35N3O3/c1-27-9-8-20-21-13-29(21)26(35)25(34)23(33(2)3)14-28(29)10-11-30(20,36-28)24(27)7-6-19(27)17-4-5-18-15-31-16-32-22(18)12-17/h4-6,8,12,15-16,21,23-26,34-35H,7,9-11,13-14H2,1-3H3. The highest BCUT2D eigenvalue weighted by Crippen LogP contribution is 2.81. The molecule has 6 heteroatoms. The molecule has 2 saturated heterocycles. The van der Waals surface area contributed by atoms with Crippen molar-refractivity contribution in [3.8, 4) is 0 Å². The number of nitrogens with zero attached hydrogens (tertiary/aromatic N) is 3. The van der Waals surface area contributed by atoms with Crippen LogP contribution in [0.15, 0.2) is 48.4 Å². The second-order valence-electron chi connectivity index (χ2n) is 12.9. The predicted molar refractivity (Wildman–Crippen MR) is 137 cm³/mol. The molecule has 9 atom stereocenters. The minimum Gasteiger partial charge on any atom is -0.390 e. The average molecular weight is 486 g/mol. The van der Waals surface area contributed by atoms with E-state index < -0.39 is 12.2 Å². The minimum atomic E-state index is -0.731. The maximum Gasteiger partial charge on any atom is 0.116 e. The largest absolute Gasteiger partial charge is 0.390 e. The number of rotatable bonds is 2. The van der Waals surface area contributed by atoms with Crippen LogP contribution in [-0.4, -0.2) is 68.6 Å². The fourth-order valence-corrected chi connectivity index (χ4v) is 9.77. The van der Waals surface area contributed by atoms with Crippen molar-refractivity contribution in [1.82, 2.24) is 14.9 Å². The summed E-state index contributed by atoms with van der Waals surface area (Å²) in [6.07, 6.45) is 12.7. The molecule has 4 aliphatic carbocycles. The van der Waals surface area contributed by atoms with E-state index in [4.69, 9.17) is 4.74 Å². The fourth-order valence-electron chi connectivity index (χ4n) is 9.77. The van der Waals surface area contributed by atoms with Gasteiger partial charge in [0.05, 0.1) is 28.9 Å². The first-order chi connectivity index (χ1) is 17.3. The van der Waals surface area contributed by atoms with Gasteiger partial charge in [-0.2, -0.15) is 0 Å². The first kappa shape index (κ1) is 21.9. The zero-order chi connectivity index (χ0) is 24.7. The lowest BCUT2D eigenvalue weighted by molar-refractivity contribution is -0.248.